The topological polar surface area (TPSA) is 92.7 Å². The maximum atomic E-state index is 12.4. The van der Waals surface area contributed by atoms with E-state index in [0.29, 0.717) is 44.2 Å². The second-order valence-corrected chi connectivity index (χ2v) is 9.37. The van der Waals surface area contributed by atoms with Crippen LogP contribution in [0.5, 0.6) is 0 Å². The van der Waals surface area contributed by atoms with Gasteiger partial charge in [-0.15, -0.1) is 0 Å². The Hall–Kier alpha value is -2.16. The van der Waals surface area contributed by atoms with E-state index in [0.717, 1.165) is 11.3 Å². The van der Waals surface area contributed by atoms with Gasteiger partial charge in [0.1, 0.15) is 5.60 Å². The fourth-order valence-electron chi connectivity index (χ4n) is 3.24. The summed E-state index contributed by atoms with van der Waals surface area (Å²) < 4.78 is 5.43. The van der Waals surface area contributed by atoms with Gasteiger partial charge in [-0.25, -0.2) is 14.8 Å². The lowest BCUT2D eigenvalue weighted by molar-refractivity contribution is -0.117. The van der Waals surface area contributed by atoms with Crippen LogP contribution in [0.15, 0.2) is 6.20 Å². The molecule has 0 bridgehead atoms. The summed E-state index contributed by atoms with van der Waals surface area (Å²) in [5.74, 6) is 1.15. The molecule has 0 N–H and O–H groups in total. The van der Waals surface area contributed by atoms with E-state index in [9.17, 15) is 14.4 Å². The number of nitrogens with zero attached hydrogens (tertiary/aromatic N) is 4. The van der Waals surface area contributed by atoms with Crippen LogP contribution in [-0.4, -0.2) is 56.4 Å². The van der Waals surface area contributed by atoms with Crippen molar-refractivity contribution in [3.63, 3.8) is 0 Å². The van der Waals surface area contributed by atoms with Gasteiger partial charge in [0.15, 0.2) is 5.12 Å². The molecule has 0 aliphatic carbocycles. The highest BCUT2D eigenvalue weighted by molar-refractivity contribution is 8.13. The Morgan fingerprint density at radius 3 is 2.79 bits per heavy atom. The van der Waals surface area contributed by atoms with Crippen LogP contribution >= 0.6 is 11.8 Å². The second-order valence-electron chi connectivity index (χ2n) is 8.17. The smallest absolute Gasteiger partial charge is 0.410 e. The fourth-order valence-corrected chi connectivity index (χ4v) is 3.93. The number of anilines is 1. The molecule has 1 aromatic rings. The molecule has 152 valence electrons. The van der Waals surface area contributed by atoms with Crippen molar-refractivity contribution in [1.29, 1.82) is 0 Å². The van der Waals surface area contributed by atoms with E-state index in [1.165, 1.54) is 18.7 Å². The minimum absolute atomic E-state index is 0.0136. The summed E-state index contributed by atoms with van der Waals surface area (Å²) in [4.78, 5) is 48.0. The van der Waals surface area contributed by atoms with Crippen LogP contribution in [0.3, 0.4) is 0 Å². The molecule has 2 aliphatic heterocycles. The lowest BCUT2D eigenvalue weighted by Crippen LogP contribution is -2.40. The zero-order chi connectivity index (χ0) is 20.5. The van der Waals surface area contributed by atoms with Crippen molar-refractivity contribution < 1.29 is 19.1 Å². The maximum absolute atomic E-state index is 12.4. The number of aromatic nitrogens is 2. The molecule has 2 aliphatic rings. The largest absolute Gasteiger partial charge is 0.444 e. The molecule has 1 atom stereocenters. The Labute approximate surface area is 169 Å². The third-order valence-corrected chi connectivity index (χ3v) is 5.59. The highest BCUT2D eigenvalue weighted by Gasteiger charge is 2.33. The minimum atomic E-state index is -0.537. The first-order valence-electron chi connectivity index (χ1n) is 9.39. The zero-order valence-corrected chi connectivity index (χ0v) is 17.5. The molecule has 0 aromatic carbocycles. The van der Waals surface area contributed by atoms with Crippen LogP contribution in [0.4, 0.5) is 10.7 Å². The van der Waals surface area contributed by atoms with Crippen LogP contribution in [0, 0.1) is 5.92 Å². The Morgan fingerprint density at radius 1 is 1.36 bits per heavy atom. The van der Waals surface area contributed by atoms with E-state index < -0.39 is 5.60 Å². The SMILES string of the molecule is CC(=O)SCC1CC(=O)N(c2ncc3c(n2)CCN(C(=O)OC(C)(C)C)C3)C1. The van der Waals surface area contributed by atoms with Gasteiger partial charge in [0.2, 0.25) is 11.9 Å². The zero-order valence-electron chi connectivity index (χ0n) is 16.7. The number of carbonyl (C=O) groups is 3. The summed E-state index contributed by atoms with van der Waals surface area (Å²) >= 11 is 1.25. The maximum Gasteiger partial charge on any atom is 0.410 e. The summed E-state index contributed by atoms with van der Waals surface area (Å²) in [5, 5.41) is 0.0606. The lowest BCUT2D eigenvalue weighted by atomic mass is 10.1. The van der Waals surface area contributed by atoms with Crippen molar-refractivity contribution in [3.05, 3.63) is 17.5 Å². The molecule has 1 fully saturated rings. The summed E-state index contributed by atoms with van der Waals surface area (Å²) in [6.07, 6.45) is 2.35. The van der Waals surface area contributed by atoms with Gasteiger partial charge >= 0.3 is 6.09 Å². The first kappa shape index (κ1) is 20.6. The molecule has 28 heavy (non-hydrogen) atoms. The van der Waals surface area contributed by atoms with Crippen molar-refractivity contribution in [2.45, 2.75) is 52.7 Å². The second kappa shape index (κ2) is 8.06. The fraction of sp³-hybridized carbons (Fsp3) is 0.632. The molecule has 1 aromatic heterocycles. The molecular weight excluding hydrogens is 380 g/mol. The third-order valence-electron chi connectivity index (χ3n) is 4.54. The van der Waals surface area contributed by atoms with E-state index in [1.807, 2.05) is 20.8 Å². The monoisotopic (exact) mass is 406 g/mol. The van der Waals surface area contributed by atoms with Crippen molar-refractivity contribution in [3.8, 4) is 0 Å². The number of fused-ring (bicyclic) bond motifs is 1. The lowest BCUT2D eigenvalue weighted by Gasteiger charge is -2.31. The normalized spacial score (nSPS) is 19.6. The summed E-state index contributed by atoms with van der Waals surface area (Å²) in [7, 11) is 0. The quantitative estimate of drug-likeness (QED) is 0.761. The number of thioether (sulfide) groups is 1. The summed E-state index contributed by atoms with van der Waals surface area (Å²) in [5.41, 5.74) is 1.20. The standard InChI is InChI=1S/C19H26N4O4S/c1-12(24)28-11-13-7-16(25)23(9-13)17-20-8-14-10-22(6-5-15(14)21-17)18(26)27-19(2,3)4/h8,13H,5-7,9-11H2,1-4H3. The van der Waals surface area contributed by atoms with Crippen LogP contribution in [-0.2, 0) is 27.3 Å². The van der Waals surface area contributed by atoms with Crippen LogP contribution < -0.4 is 4.90 Å². The highest BCUT2D eigenvalue weighted by Crippen LogP contribution is 2.27. The van der Waals surface area contributed by atoms with E-state index in [-0.39, 0.29) is 23.0 Å². The highest BCUT2D eigenvalue weighted by atomic mass is 32.2. The summed E-state index contributed by atoms with van der Waals surface area (Å²) in [6, 6.07) is 0. The Balaban J connectivity index is 1.66. The van der Waals surface area contributed by atoms with Gasteiger partial charge in [-0.3, -0.25) is 14.5 Å². The number of hydrogen-bond acceptors (Lipinski definition) is 7. The van der Waals surface area contributed by atoms with Crippen molar-refractivity contribution in [1.82, 2.24) is 14.9 Å². The number of hydrogen-bond donors (Lipinski definition) is 0. The van der Waals surface area contributed by atoms with Crippen LogP contribution in [0.1, 0.15) is 45.4 Å². The summed E-state index contributed by atoms with van der Waals surface area (Å²) in [6.45, 7) is 8.50. The van der Waals surface area contributed by atoms with Gasteiger partial charge in [0.25, 0.3) is 0 Å². The minimum Gasteiger partial charge on any atom is -0.444 e. The predicted molar refractivity (Wildman–Crippen MR) is 106 cm³/mol. The van der Waals surface area contributed by atoms with Gasteiger partial charge in [0, 0.05) is 50.4 Å². The average Bonchev–Trinajstić information content (AvgIpc) is 2.98. The molecule has 3 rings (SSSR count). The van der Waals surface area contributed by atoms with Gasteiger partial charge in [0.05, 0.1) is 12.2 Å². The molecule has 8 nitrogen and oxygen atoms in total. The number of amides is 2. The van der Waals surface area contributed by atoms with Crippen molar-refractivity contribution >= 4 is 34.8 Å². The number of ether oxygens (including phenoxy) is 1. The van der Waals surface area contributed by atoms with Gasteiger partial charge in [-0.1, -0.05) is 11.8 Å². The first-order valence-corrected chi connectivity index (χ1v) is 10.4. The molecular formula is C19H26N4O4S. The molecule has 1 saturated heterocycles. The number of carbonyl (C=O) groups excluding carboxylic acids is 3. The molecule has 0 spiro atoms. The Bertz CT molecular complexity index is 793. The van der Waals surface area contributed by atoms with E-state index in [2.05, 4.69) is 9.97 Å². The average molecular weight is 407 g/mol. The van der Waals surface area contributed by atoms with Crippen molar-refractivity contribution in [2.24, 2.45) is 5.92 Å². The molecule has 3 heterocycles. The van der Waals surface area contributed by atoms with Gasteiger partial charge < -0.3 is 9.64 Å². The third kappa shape index (κ3) is 5.01. The van der Waals surface area contributed by atoms with Crippen LogP contribution in [0.25, 0.3) is 0 Å². The first-order chi connectivity index (χ1) is 13.1. The van der Waals surface area contributed by atoms with Gasteiger partial charge in [-0.2, -0.15) is 0 Å². The van der Waals surface area contributed by atoms with Crippen LogP contribution in [0.2, 0.25) is 0 Å². The number of rotatable bonds is 3. The van der Waals surface area contributed by atoms with Crippen molar-refractivity contribution in [2.75, 3.05) is 23.7 Å². The van der Waals surface area contributed by atoms with E-state index in [4.69, 9.17) is 4.74 Å². The van der Waals surface area contributed by atoms with E-state index >= 15 is 0 Å². The molecule has 0 saturated carbocycles. The molecule has 2 amide bonds. The van der Waals surface area contributed by atoms with E-state index in [1.54, 1.807) is 16.0 Å². The molecule has 1 unspecified atom stereocenters. The predicted octanol–water partition coefficient (Wildman–Crippen LogP) is 2.40. The Kier molecular flexibility index (Phi) is 5.92. The molecule has 9 heteroatoms. The molecule has 0 radical (unpaired) electrons. The van der Waals surface area contributed by atoms with Gasteiger partial charge in [-0.05, 0) is 26.7 Å². The Morgan fingerprint density at radius 2 is 2.11 bits per heavy atom.